The van der Waals surface area contributed by atoms with Crippen molar-refractivity contribution >= 4 is 35.4 Å². The molecule has 2 saturated carbocycles. The fourth-order valence-electron chi connectivity index (χ4n) is 6.79. The molecular weight excluding hydrogens is 600 g/mol. The molecule has 2 aliphatic heterocycles. The molecule has 0 radical (unpaired) electrons. The van der Waals surface area contributed by atoms with E-state index < -0.39 is 47.6 Å². The van der Waals surface area contributed by atoms with Crippen LogP contribution in [0.3, 0.4) is 0 Å². The van der Waals surface area contributed by atoms with Gasteiger partial charge in [-0.25, -0.2) is 4.79 Å². The van der Waals surface area contributed by atoms with Crippen molar-refractivity contribution < 1.29 is 33.8 Å². The van der Waals surface area contributed by atoms with Gasteiger partial charge >= 0.3 is 6.09 Å². The van der Waals surface area contributed by atoms with Crippen molar-refractivity contribution in [3.05, 3.63) is 34.9 Å². The number of alkyl carbamates (subject to hydrolysis) is 1. The minimum atomic E-state index is -1.56. The number of aliphatic hydroxyl groups excluding tert-OH is 1. The predicted octanol–water partition coefficient (Wildman–Crippen LogP) is 3.15. The number of rotatable bonds is 13. The molecule has 0 bridgehead atoms. The Hall–Kier alpha value is -2.89. The molecular formula is C33H47ClN4O7. The van der Waals surface area contributed by atoms with Crippen LogP contribution in [0.4, 0.5) is 4.79 Å². The van der Waals surface area contributed by atoms with E-state index in [9.17, 15) is 24.3 Å². The first-order valence-corrected chi connectivity index (χ1v) is 16.8. The van der Waals surface area contributed by atoms with Crippen LogP contribution in [0.1, 0.15) is 83.6 Å². The molecule has 4 atom stereocenters. The van der Waals surface area contributed by atoms with E-state index in [4.69, 9.17) is 21.1 Å². The second-order valence-electron chi connectivity index (χ2n) is 13.9. The van der Waals surface area contributed by atoms with Crippen molar-refractivity contribution in [3.63, 3.8) is 0 Å². The smallest absolute Gasteiger partial charge is 0.408 e. The molecule has 3 unspecified atom stereocenters. The van der Waals surface area contributed by atoms with E-state index in [1.807, 2.05) is 32.0 Å². The van der Waals surface area contributed by atoms with Crippen LogP contribution in [0.5, 0.6) is 0 Å². The van der Waals surface area contributed by atoms with E-state index >= 15 is 0 Å². The zero-order valence-corrected chi connectivity index (χ0v) is 27.0. The molecule has 5 rings (SSSR count). The fraction of sp³-hybridized carbons (Fsp3) is 0.697. The maximum absolute atomic E-state index is 13.8. The van der Waals surface area contributed by atoms with Gasteiger partial charge in [-0.05, 0) is 87.8 Å². The van der Waals surface area contributed by atoms with Crippen molar-refractivity contribution in [2.45, 2.75) is 120 Å². The normalized spacial score (nSPS) is 23.8. The monoisotopic (exact) mass is 646 g/mol. The van der Waals surface area contributed by atoms with Gasteiger partial charge in [0.1, 0.15) is 11.6 Å². The minimum Gasteiger partial charge on any atom is -0.443 e. The van der Waals surface area contributed by atoms with Gasteiger partial charge in [-0.15, -0.1) is 0 Å². The summed E-state index contributed by atoms with van der Waals surface area (Å²) in [6.07, 6.45) is 4.59. The SMILES string of the molecule is CC(C)C[C@H](NC(=O)OC1(Cc2cccc(Cl)c2)CCC1)C(=O)NC(CC1CC2(CCOCC2)NC1=O)C(O)C(=O)NC1CC1. The standard InChI is InChI=1S/C33H47ClN4O7/c1-20(2)15-26(37-31(43)45-33(9-4-10-33)18-21-5-3-6-23(34)16-21)29(41)36-25(27(39)30(42)35-24-7-8-24)17-22-19-32(38-28(22)40)11-13-44-14-12-32/h3,5-6,16,20,22,24-27,39H,4,7-15,17-19H2,1-2H3,(H,35,42)(H,36,41)(H,37,43)(H,38,40)/t22?,25?,26-,27?/m0/s1. The van der Waals surface area contributed by atoms with E-state index in [1.165, 1.54) is 0 Å². The van der Waals surface area contributed by atoms with E-state index in [0.717, 1.165) is 24.8 Å². The van der Waals surface area contributed by atoms with Gasteiger partial charge in [0, 0.05) is 42.2 Å². The summed E-state index contributed by atoms with van der Waals surface area (Å²) in [4.78, 5) is 53.0. The van der Waals surface area contributed by atoms with E-state index in [2.05, 4.69) is 21.3 Å². The van der Waals surface area contributed by atoms with Crippen LogP contribution >= 0.6 is 11.6 Å². The molecule has 2 heterocycles. The maximum atomic E-state index is 13.8. The summed E-state index contributed by atoms with van der Waals surface area (Å²) in [6, 6.07) is 5.47. The highest BCUT2D eigenvalue weighted by atomic mass is 35.5. The molecule has 0 aromatic heterocycles. The average molecular weight is 647 g/mol. The lowest BCUT2D eigenvalue weighted by Crippen LogP contribution is -2.57. The Labute approximate surface area is 269 Å². The highest BCUT2D eigenvalue weighted by molar-refractivity contribution is 6.30. The van der Waals surface area contributed by atoms with Crippen molar-refractivity contribution in [1.82, 2.24) is 21.3 Å². The Bertz CT molecular complexity index is 1250. The third kappa shape index (κ3) is 8.89. The first-order valence-electron chi connectivity index (χ1n) is 16.4. The van der Waals surface area contributed by atoms with Crippen molar-refractivity contribution in [2.75, 3.05) is 13.2 Å². The summed E-state index contributed by atoms with van der Waals surface area (Å²) in [5.41, 5.74) is -0.0844. The maximum Gasteiger partial charge on any atom is 0.408 e. The van der Waals surface area contributed by atoms with Crippen molar-refractivity contribution in [2.24, 2.45) is 11.8 Å². The highest BCUT2D eigenvalue weighted by Crippen LogP contribution is 2.39. The number of nitrogens with one attached hydrogen (secondary N) is 4. The average Bonchev–Trinajstić information content (AvgIpc) is 3.73. The molecule has 2 saturated heterocycles. The van der Waals surface area contributed by atoms with E-state index in [-0.39, 0.29) is 29.8 Å². The molecule has 1 aromatic carbocycles. The summed E-state index contributed by atoms with van der Waals surface area (Å²) in [5, 5.41) is 23.3. The molecule has 4 aliphatic rings. The Morgan fingerprint density at radius 3 is 2.47 bits per heavy atom. The molecule has 45 heavy (non-hydrogen) atoms. The van der Waals surface area contributed by atoms with Gasteiger partial charge in [-0.1, -0.05) is 37.6 Å². The Morgan fingerprint density at radius 1 is 1.11 bits per heavy atom. The molecule has 4 amide bonds. The van der Waals surface area contributed by atoms with Gasteiger partial charge in [-0.2, -0.15) is 0 Å². The molecule has 1 aromatic rings. The third-order valence-corrected chi connectivity index (χ3v) is 9.83. The van der Waals surface area contributed by atoms with Gasteiger partial charge in [0.05, 0.1) is 6.04 Å². The van der Waals surface area contributed by atoms with Gasteiger partial charge in [0.25, 0.3) is 5.91 Å². The number of benzene rings is 1. The number of hydrogen-bond donors (Lipinski definition) is 5. The Balaban J connectivity index is 1.26. The van der Waals surface area contributed by atoms with Crippen LogP contribution in [0, 0.1) is 11.8 Å². The molecule has 1 spiro atoms. The summed E-state index contributed by atoms with van der Waals surface area (Å²) in [5.74, 6) is -1.73. The Morgan fingerprint density at radius 2 is 1.84 bits per heavy atom. The Kier molecular flexibility index (Phi) is 10.6. The van der Waals surface area contributed by atoms with Crippen LogP contribution in [-0.4, -0.2) is 77.5 Å². The number of carbonyl (C=O) groups excluding carboxylic acids is 4. The number of halogens is 1. The third-order valence-electron chi connectivity index (χ3n) is 9.59. The topological polar surface area (TPSA) is 155 Å². The first-order chi connectivity index (χ1) is 21.4. The second kappa shape index (κ2) is 14.3. The second-order valence-corrected chi connectivity index (χ2v) is 14.4. The van der Waals surface area contributed by atoms with E-state index in [0.29, 0.717) is 63.2 Å². The van der Waals surface area contributed by atoms with Gasteiger partial charge in [0.2, 0.25) is 11.8 Å². The lowest BCUT2D eigenvalue weighted by Gasteiger charge is -2.41. The van der Waals surface area contributed by atoms with Crippen molar-refractivity contribution in [1.29, 1.82) is 0 Å². The van der Waals surface area contributed by atoms with Crippen LogP contribution in [0.15, 0.2) is 24.3 Å². The molecule has 12 heteroatoms. The van der Waals surface area contributed by atoms with Crippen LogP contribution in [0.2, 0.25) is 5.02 Å². The highest BCUT2D eigenvalue weighted by Gasteiger charge is 2.47. The number of carbonyl (C=O) groups is 4. The number of ether oxygens (including phenoxy) is 2. The minimum absolute atomic E-state index is 0.0136. The largest absolute Gasteiger partial charge is 0.443 e. The molecule has 11 nitrogen and oxygen atoms in total. The molecule has 5 N–H and O–H groups in total. The number of amides is 4. The lowest BCUT2D eigenvalue weighted by molar-refractivity contribution is -0.134. The van der Waals surface area contributed by atoms with Gasteiger partial charge in [-0.3, -0.25) is 14.4 Å². The van der Waals surface area contributed by atoms with Gasteiger partial charge in [0.15, 0.2) is 6.10 Å². The molecule has 2 aliphatic carbocycles. The van der Waals surface area contributed by atoms with E-state index in [1.54, 1.807) is 6.07 Å². The lowest BCUT2D eigenvalue weighted by atomic mass is 9.76. The zero-order chi connectivity index (χ0) is 32.2. The summed E-state index contributed by atoms with van der Waals surface area (Å²) >= 11 is 6.17. The van der Waals surface area contributed by atoms with Crippen LogP contribution < -0.4 is 21.3 Å². The first kappa shape index (κ1) is 33.5. The van der Waals surface area contributed by atoms with Gasteiger partial charge < -0.3 is 35.8 Å². The summed E-state index contributed by atoms with van der Waals surface area (Å²) in [7, 11) is 0. The predicted molar refractivity (Wildman–Crippen MR) is 167 cm³/mol. The summed E-state index contributed by atoms with van der Waals surface area (Å²) < 4.78 is 11.4. The van der Waals surface area contributed by atoms with Crippen LogP contribution in [-0.2, 0) is 30.3 Å². The zero-order valence-electron chi connectivity index (χ0n) is 26.2. The summed E-state index contributed by atoms with van der Waals surface area (Å²) in [6.45, 7) is 4.98. The number of aliphatic hydroxyl groups is 1. The quantitative estimate of drug-likeness (QED) is 0.221. The molecule has 248 valence electrons. The van der Waals surface area contributed by atoms with Crippen molar-refractivity contribution in [3.8, 4) is 0 Å². The van der Waals surface area contributed by atoms with Crippen LogP contribution in [0.25, 0.3) is 0 Å². The fourth-order valence-corrected chi connectivity index (χ4v) is 7.00. The number of hydrogen-bond acceptors (Lipinski definition) is 7. The molecule has 4 fully saturated rings.